The van der Waals surface area contributed by atoms with Crippen molar-refractivity contribution in [2.75, 3.05) is 25.0 Å². The van der Waals surface area contributed by atoms with E-state index in [9.17, 15) is 9.59 Å². The molecule has 0 aromatic carbocycles. The van der Waals surface area contributed by atoms with E-state index in [2.05, 4.69) is 10.3 Å². The first-order valence-electron chi connectivity index (χ1n) is 6.86. The summed E-state index contributed by atoms with van der Waals surface area (Å²) < 4.78 is 1.93. The van der Waals surface area contributed by atoms with Crippen molar-refractivity contribution in [2.45, 2.75) is 26.8 Å². The molecule has 1 aromatic heterocycles. The molecule has 0 spiro atoms. The molecular weight excluding hydrogens is 258 g/mol. The zero-order valence-electron chi connectivity index (χ0n) is 11.9. The van der Waals surface area contributed by atoms with Crippen molar-refractivity contribution >= 4 is 17.8 Å². The summed E-state index contributed by atoms with van der Waals surface area (Å²) in [4.78, 5) is 29.3. The Morgan fingerprint density at radius 1 is 1.55 bits per heavy atom. The molecule has 0 radical (unpaired) electrons. The number of nitrogens with one attached hydrogen (secondary N) is 1. The van der Waals surface area contributed by atoms with Crippen LogP contribution < -0.4 is 11.1 Å². The van der Waals surface area contributed by atoms with E-state index in [1.807, 2.05) is 18.4 Å². The normalized spacial score (nSPS) is 13.8. The van der Waals surface area contributed by atoms with E-state index in [0.717, 1.165) is 19.5 Å². The van der Waals surface area contributed by atoms with Gasteiger partial charge in [-0.3, -0.25) is 9.59 Å². The number of amides is 2. The summed E-state index contributed by atoms with van der Waals surface area (Å²) in [5, 5.41) is 3.15. The van der Waals surface area contributed by atoms with Gasteiger partial charge in [-0.15, -0.1) is 0 Å². The van der Waals surface area contributed by atoms with Gasteiger partial charge in [0.25, 0.3) is 5.91 Å². The summed E-state index contributed by atoms with van der Waals surface area (Å²) >= 11 is 0. The fourth-order valence-electron chi connectivity index (χ4n) is 2.29. The standard InChI is InChI=1S/C13H21N5O2/c1-9(2)6-18(8-11(14)19)12(20)10-7-17-5-3-4-15-13(17)16-10/h7,9H,3-6,8H2,1-2H3,(H2,14,19)(H,15,16). The van der Waals surface area contributed by atoms with E-state index in [1.165, 1.54) is 4.90 Å². The largest absolute Gasteiger partial charge is 0.368 e. The Balaban J connectivity index is 2.17. The first-order valence-corrected chi connectivity index (χ1v) is 6.86. The Kier molecular flexibility index (Phi) is 4.26. The molecule has 2 rings (SSSR count). The van der Waals surface area contributed by atoms with Crippen molar-refractivity contribution in [1.82, 2.24) is 14.5 Å². The van der Waals surface area contributed by atoms with E-state index in [0.29, 0.717) is 18.2 Å². The van der Waals surface area contributed by atoms with Crippen LogP contribution in [0.3, 0.4) is 0 Å². The Hall–Kier alpha value is -2.05. The first kappa shape index (κ1) is 14.4. The topological polar surface area (TPSA) is 93.2 Å². The molecule has 7 nitrogen and oxygen atoms in total. The quantitative estimate of drug-likeness (QED) is 0.809. The second kappa shape index (κ2) is 5.94. The highest BCUT2D eigenvalue weighted by atomic mass is 16.2. The van der Waals surface area contributed by atoms with Crippen LogP contribution in [0.1, 0.15) is 30.8 Å². The van der Waals surface area contributed by atoms with Crippen molar-refractivity contribution in [3.63, 3.8) is 0 Å². The van der Waals surface area contributed by atoms with Crippen LogP contribution in [0, 0.1) is 5.92 Å². The molecule has 0 unspecified atom stereocenters. The highest BCUT2D eigenvalue weighted by Gasteiger charge is 2.23. The lowest BCUT2D eigenvalue weighted by Gasteiger charge is -2.22. The zero-order chi connectivity index (χ0) is 14.7. The third kappa shape index (κ3) is 3.28. The zero-order valence-corrected chi connectivity index (χ0v) is 11.9. The van der Waals surface area contributed by atoms with Crippen LogP contribution in [0.15, 0.2) is 6.20 Å². The van der Waals surface area contributed by atoms with Gasteiger partial charge >= 0.3 is 0 Å². The maximum absolute atomic E-state index is 12.4. The molecule has 0 saturated carbocycles. The lowest BCUT2D eigenvalue weighted by atomic mass is 10.2. The second-order valence-corrected chi connectivity index (χ2v) is 5.47. The summed E-state index contributed by atoms with van der Waals surface area (Å²) in [7, 11) is 0. The predicted octanol–water partition coefficient (Wildman–Crippen LogP) is 0.282. The number of aromatic nitrogens is 2. The van der Waals surface area contributed by atoms with Crippen LogP contribution in [0.5, 0.6) is 0 Å². The first-order chi connectivity index (χ1) is 9.47. The molecule has 3 N–H and O–H groups in total. The Labute approximate surface area is 118 Å². The van der Waals surface area contributed by atoms with E-state index < -0.39 is 5.91 Å². The molecule has 20 heavy (non-hydrogen) atoms. The number of imidazole rings is 1. The minimum Gasteiger partial charge on any atom is -0.368 e. The lowest BCUT2D eigenvalue weighted by molar-refractivity contribution is -0.118. The highest BCUT2D eigenvalue weighted by molar-refractivity contribution is 5.95. The molecule has 1 aliphatic heterocycles. The van der Waals surface area contributed by atoms with Crippen LogP contribution in [0.25, 0.3) is 0 Å². The Bertz CT molecular complexity index is 485. The number of anilines is 1. The van der Waals surface area contributed by atoms with Crippen molar-refractivity contribution in [2.24, 2.45) is 11.7 Å². The van der Waals surface area contributed by atoms with Crippen LogP contribution in [-0.2, 0) is 11.3 Å². The number of primary amides is 1. The van der Waals surface area contributed by atoms with E-state index >= 15 is 0 Å². The summed E-state index contributed by atoms with van der Waals surface area (Å²) in [5.41, 5.74) is 5.57. The molecule has 7 heteroatoms. The highest BCUT2D eigenvalue weighted by Crippen LogP contribution is 2.15. The molecule has 0 aliphatic carbocycles. The number of hydrogen-bond acceptors (Lipinski definition) is 4. The number of carbonyl (C=O) groups is 2. The van der Waals surface area contributed by atoms with Crippen LogP contribution in [0.2, 0.25) is 0 Å². The van der Waals surface area contributed by atoms with Gasteiger partial charge in [-0.2, -0.15) is 0 Å². The molecule has 0 fully saturated rings. The molecule has 2 heterocycles. The third-order valence-electron chi connectivity index (χ3n) is 3.07. The SMILES string of the molecule is CC(C)CN(CC(N)=O)C(=O)c1cn2c(n1)NCCC2. The van der Waals surface area contributed by atoms with Gasteiger partial charge in [0.2, 0.25) is 11.9 Å². The molecular formula is C13H21N5O2. The van der Waals surface area contributed by atoms with Gasteiger partial charge in [-0.25, -0.2) is 4.98 Å². The number of aryl methyl sites for hydroxylation is 1. The van der Waals surface area contributed by atoms with Gasteiger partial charge in [0.15, 0.2) is 0 Å². The van der Waals surface area contributed by atoms with Gasteiger partial charge < -0.3 is 20.5 Å². The van der Waals surface area contributed by atoms with Crippen LogP contribution >= 0.6 is 0 Å². The van der Waals surface area contributed by atoms with Crippen molar-refractivity contribution in [3.05, 3.63) is 11.9 Å². The van der Waals surface area contributed by atoms with Gasteiger partial charge in [-0.05, 0) is 12.3 Å². The number of carbonyl (C=O) groups excluding carboxylic acids is 2. The third-order valence-corrected chi connectivity index (χ3v) is 3.07. The van der Waals surface area contributed by atoms with Crippen molar-refractivity contribution in [1.29, 1.82) is 0 Å². The van der Waals surface area contributed by atoms with Gasteiger partial charge in [0.05, 0.1) is 6.54 Å². The Morgan fingerprint density at radius 2 is 2.30 bits per heavy atom. The van der Waals surface area contributed by atoms with Crippen LogP contribution in [-0.4, -0.2) is 45.9 Å². The van der Waals surface area contributed by atoms with Gasteiger partial charge in [0.1, 0.15) is 5.69 Å². The second-order valence-electron chi connectivity index (χ2n) is 5.47. The summed E-state index contributed by atoms with van der Waals surface area (Å²) in [5.74, 6) is 0.208. The molecule has 0 saturated heterocycles. The number of hydrogen-bond donors (Lipinski definition) is 2. The maximum Gasteiger partial charge on any atom is 0.274 e. The predicted molar refractivity (Wildman–Crippen MR) is 75.3 cm³/mol. The molecule has 1 aliphatic rings. The average molecular weight is 279 g/mol. The summed E-state index contributed by atoms with van der Waals surface area (Å²) in [6.07, 6.45) is 2.74. The number of nitrogens with zero attached hydrogens (tertiary/aromatic N) is 3. The fraction of sp³-hybridized carbons (Fsp3) is 0.615. The molecule has 2 amide bonds. The molecule has 0 bridgehead atoms. The van der Waals surface area contributed by atoms with Crippen molar-refractivity contribution < 1.29 is 9.59 Å². The molecule has 110 valence electrons. The van der Waals surface area contributed by atoms with Crippen molar-refractivity contribution in [3.8, 4) is 0 Å². The van der Waals surface area contributed by atoms with E-state index in [1.54, 1.807) is 6.20 Å². The smallest absolute Gasteiger partial charge is 0.274 e. The van der Waals surface area contributed by atoms with E-state index in [-0.39, 0.29) is 18.4 Å². The number of fused-ring (bicyclic) bond motifs is 1. The minimum absolute atomic E-state index is 0.0768. The fourth-order valence-corrected chi connectivity index (χ4v) is 2.29. The lowest BCUT2D eigenvalue weighted by Crippen LogP contribution is -2.40. The van der Waals surface area contributed by atoms with Crippen LogP contribution in [0.4, 0.5) is 5.95 Å². The van der Waals surface area contributed by atoms with Gasteiger partial charge in [-0.1, -0.05) is 13.8 Å². The molecule has 1 aromatic rings. The monoisotopic (exact) mass is 279 g/mol. The minimum atomic E-state index is -0.513. The Morgan fingerprint density at radius 3 is 2.90 bits per heavy atom. The van der Waals surface area contributed by atoms with Gasteiger partial charge in [0, 0.05) is 25.8 Å². The van der Waals surface area contributed by atoms with E-state index in [4.69, 9.17) is 5.73 Å². The average Bonchev–Trinajstić information content (AvgIpc) is 2.79. The number of nitrogens with two attached hydrogens (primary N) is 1. The summed E-state index contributed by atoms with van der Waals surface area (Å²) in [6, 6.07) is 0. The summed E-state index contributed by atoms with van der Waals surface area (Å²) in [6.45, 7) is 6.09. The number of rotatable bonds is 5. The maximum atomic E-state index is 12.4. The molecule has 0 atom stereocenters.